The van der Waals surface area contributed by atoms with Crippen LogP contribution in [-0.4, -0.2) is 42.7 Å². The van der Waals surface area contributed by atoms with E-state index in [0.717, 1.165) is 36.3 Å². The van der Waals surface area contributed by atoms with Gasteiger partial charge in [0.05, 0.1) is 7.11 Å². The van der Waals surface area contributed by atoms with Crippen LogP contribution in [0.15, 0.2) is 29.4 Å². The maximum atomic E-state index is 13.2. The van der Waals surface area contributed by atoms with Gasteiger partial charge in [0, 0.05) is 24.2 Å². The van der Waals surface area contributed by atoms with Crippen LogP contribution < -0.4 is 4.90 Å². The van der Waals surface area contributed by atoms with E-state index in [-0.39, 0.29) is 16.8 Å². The summed E-state index contributed by atoms with van der Waals surface area (Å²) in [6.07, 6.45) is -6.25. The van der Waals surface area contributed by atoms with E-state index in [1.807, 2.05) is 0 Å². The Morgan fingerprint density at radius 3 is 2.15 bits per heavy atom. The predicted octanol–water partition coefficient (Wildman–Crippen LogP) is 3.39. The van der Waals surface area contributed by atoms with Crippen molar-refractivity contribution >= 4 is 34.5 Å². The summed E-state index contributed by atoms with van der Waals surface area (Å²) in [4.78, 5) is 29.0. The number of aliphatic hydroxyl groups is 1. The van der Waals surface area contributed by atoms with Crippen LogP contribution >= 0.6 is 11.6 Å². The number of halogens is 4. The Balaban J connectivity index is 3.08. The second kappa shape index (κ2) is 8.57. The number of methoxy groups -OCH3 is 1. The van der Waals surface area contributed by atoms with Crippen LogP contribution in [0.1, 0.15) is 19.4 Å². The smallest absolute Gasteiger partial charge is 0.440 e. The molecule has 0 unspecified atom stereocenters. The molecule has 0 aliphatic carbocycles. The standard InChI is InChI=1S/C16H18ClF3N2O5/c1-9(2)12(17)21-27-14(24)22(3)11-7-5-10(6-8-11)15(25,13(23)26-4)16(18,19)20/h5-9,25H,1-4H3/b21-12-/t15-/m0/s1. The summed E-state index contributed by atoms with van der Waals surface area (Å²) in [6, 6.07) is 3.86. The molecule has 11 heteroatoms. The average Bonchev–Trinajstić information content (AvgIpc) is 2.62. The van der Waals surface area contributed by atoms with Gasteiger partial charge >= 0.3 is 18.2 Å². The van der Waals surface area contributed by atoms with E-state index in [2.05, 4.69) is 14.7 Å². The molecule has 1 atom stereocenters. The maximum absolute atomic E-state index is 13.2. The number of benzene rings is 1. The summed E-state index contributed by atoms with van der Waals surface area (Å²) in [6.45, 7) is 3.45. The highest BCUT2D eigenvalue weighted by Gasteiger charge is 2.62. The SMILES string of the molecule is COC(=O)[C@@](O)(c1ccc(N(C)C(=O)O/N=C(\Cl)C(C)C)cc1)C(F)(F)F. The zero-order valence-electron chi connectivity index (χ0n) is 14.9. The lowest BCUT2D eigenvalue weighted by Crippen LogP contribution is -2.49. The number of nitrogens with zero attached hydrogens (tertiary/aromatic N) is 2. The first-order valence-corrected chi connectivity index (χ1v) is 7.90. The minimum atomic E-state index is -5.31. The highest BCUT2D eigenvalue weighted by Crippen LogP contribution is 2.40. The molecule has 1 rings (SSSR count). The van der Waals surface area contributed by atoms with Crippen LogP contribution in [0.2, 0.25) is 0 Å². The summed E-state index contributed by atoms with van der Waals surface area (Å²) in [5, 5.41) is 13.4. The molecule has 27 heavy (non-hydrogen) atoms. The molecule has 0 saturated carbocycles. The maximum Gasteiger partial charge on any atom is 0.440 e. The summed E-state index contributed by atoms with van der Waals surface area (Å²) in [7, 11) is 2.01. The molecule has 150 valence electrons. The molecule has 7 nitrogen and oxygen atoms in total. The van der Waals surface area contributed by atoms with Gasteiger partial charge in [-0.3, -0.25) is 9.74 Å². The van der Waals surface area contributed by atoms with Crippen LogP contribution in [0.3, 0.4) is 0 Å². The van der Waals surface area contributed by atoms with Crippen molar-refractivity contribution in [3.63, 3.8) is 0 Å². The van der Waals surface area contributed by atoms with Crippen molar-refractivity contribution in [2.45, 2.75) is 25.6 Å². The van der Waals surface area contributed by atoms with E-state index >= 15 is 0 Å². The number of ether oxygens (including phenoxy) is 1. The first-order valence-electron chi connectivity index (χ1n) is 7.52. The summed E-state index contributed by atoms with van der Waals surface area (Å²) in [5.74, 6) is -2.05. The van der Waals surface area contributed by atoms with Crippen LogP contribution in [0, 0.1) is 5.92 Å². The Bertz CT molecular complexity index is 722. The van der Waals surface area contributed by atoms with Gasteiger partial charge in [-0.15, -0.1) is 0 Å². The third kappa shape index (κ3) is 4.89. The van der Waals surface area contributed by atoms with E-state index < -0.39 is 29.4 Å². The van der Waals surface area contributed by atoms with Gasteiger partial charge < -0.3 is 9.84 Å². The van der Waals surface area contributed by atoms with Crippen molar-refractivity contribution in [2.75, 3.05) is 19.1 Å². The van der Waals surface area contributed by atoms with Gasteiger partial charge in [0.25, 0.3) is 5.60 Å². The topological polar surface area (TPSA) is 88.4 Å². The molecule has 0 radical (unpaired) electrons. The van der Waals surface area contributed by atoms with Crippen LogP contribution in [-0.2, 0) is 20.0 Å². The van der Waals surface area contributed by atoms with Gasteiger partial charge in [-0.05, 0) is 12.1 Å². The van der Waals surface area contributed by atoms with Crippen molar-refractivity contribution in [2.24, 2.45) is 11.1 Å². The Hall–Kier alpha value is -2.33. The first kappa shape index (κ1) is 22.7. The van der Waals surface area contributed by atoms with Gasteiger partial charge in [-0.1, -0.05) is 42.7 Å². The Kier molecular flexibility index (Phi) is 7.21. The number of anilines is 1. The van der Waals surface area contributed by atoms with E-state index in [1.165, 1.54) is 7.05 Å². The number of hydrogen-bond acceptors (Lipinski definition) is 6. The summed E-state index contributed by atoms with van der Waals surface area (Å²) in [5.41, 5.74) is -4.49. The largest absolute Gasteiger partial charge is 0.466 e. The van der Waals surface area contributed by atoms with Crippen molar-refractivity contribution in [3.8, 4) is 0 Å². The highest BCUT2D eigenvalue weighted by molar-refractivity contribution is 6.65. The minimum Gasteiger partial charge on any atom is -0.466 e. The summed E-state index contributed by atoms with van der Waals surface area (Å²) < 4.78 is 43.6. The zero-order chi connectivity index (χ0) is 21.0. The number of carbonyl (C=O) groups excluding carboxylic acids is 2. The lowest BCUT2D eigenvalue weighted by molar-refractivity contribution is -0.266. The first-order chi connectivity index (χ1) is 12.4. The molecule has 0 fully saturated rings. The molecule has 0 spiro atoms. The Labute approximate surface area is 158 Å². The third-order valence-electron chi connectivity index (χ3n) is 3.52. The molecule has 1 N–H and O–H groups in total. The van der Waals surface area contributed by atoms with Crippen molar-refractivity contribution in [3.05, 3.63) is 29.8 Å². The molecule has 0 heterocycles. The number of rotatable bonds is 5. The molecule has 0 aliphatic rings. The number of carbonyl (C=O) groups is 2. The quantitative estimate of drug-likeness (QED) is 0.348. The second-order valence-electron chi connectivity index (χ2n) is 5.73. The van der Waals surface area contributed by atoms with Crippen molar-refractivity contribution < 1.29 is 37.4 Å². The number of alkyl halides is 3. The Morgan fingerprint density at radius 1 is 1.22 bits per heavy atom. The molecule has 1 aromatic rings. The van der Waals surface area contributed by atoms with Gasteiger partial charge in [0.1, 0.15) is 5.17 Å². The van der Waals surface area contributed by atoms with Gasteiger partial charge in [-0.25, -0.2) is 9.59 Å². The molecule has 0 aliphatic heterocycles. The second-order valence-corrected chi connectivity index (χ2v) is 6.12. The number of oxime groups is 1. The Morgan fingerprint density at radius 2 is 1.74 bits per heavy atom. The fourth-order valence-corrected chi connectivity index (χ4v) is 1.86. The van der Waals surface area contributed by atoms with Crippen LogP contribution in [0.5, 0.6) is 0 Å². The van der Waals surface area contributed by atoms with E-state index in [9.17, 15) is 27.9 Å². The molecular weight excluding hydrogens is 393 g/mol. The predicted molar refractivity (Wildman–Crippen MR) is 91.4 cm³/mol. The number of hydrogen-bond donors (Lipinski definition) is 1. The molecule has 0 bridgehead atoms. The molecular formula is C16H18ClF3N2O5. The molecule has 0 saturated heterocycles. The van der Waals surface area contributed by atoms with Gasteiger partial charge in [-0.2, -0.15) is 13.2 Å². The van der Waals surface area contributed by atoms with Gasteiger partial charge in [0.15, 0.2) is 0 Å². The number of esters is 1. The van der Waals surface area contributed by atoms with Crippen molar-refractivity contribution in [1.82, 2.24) is 0 Å². The summed E-state index contributed by atoms with van der Waals surface area (Å²) >= 11 is 5.74. The zero-order valence-corrected chi connectivity index (χ0v) is 15.6. The highest BCUT2D eigenvalue weighted by atomic mass is 35.5. The fourth-order valence-electron chi connectivity index (χ4n) is 1.83. The van der Waals surface area contributed by atoms with Crippen LogP contribution in [0.4, 0.5) is 23.7 Å². The fraction of sp³-hybridized carbons (Fsp3) is 0.438. The lowest BCUT2D eigenvalue weighted by atomic mass is 9.93. The number of amides is 1. The van der Waals surface area contributed by atoms with E-state index in [4.69, 9.17) is 11.6 Å². The van der Waals surface area contributed by atoms with E-state index in [0.29, 0.717) is 0 Å². The van der Waals surface area contributed by atoms with Crippen LogP contribution in [0.25, 0.3) is 0 Å². The minimum absolute atomic E-state index is 0.0559. The lowest BCUT2D eigenvalue weighted by Gasteiger charge is -2.28. The molecule has 0 aromatic heterocycles. The molecule has 1 aromatic carbocycles. The monoisotopic (exact) mass is 410 g/mol. The molecule has 1 amide bonds. The van der Waals surface area contributed by atoms with Gasteiger partial charge in [0.2, 0.25) is 0 Å². The third-order valence-corrected chi connectivity index (χ3v) is 4.03. The van der Waals surface area contributed by atoms with Crippen molar-refractivity contribution in [1.29, 1.82) is 0 Å². The normalized spacial score (nSPS) is 14.5. The van der Waals surface area contributed by atoms with E-state index in [1.54, 1.807) is 13.8 Å². The average molecular weight is 411 g/mol.